The van der Waals surface area contributed by atoms with Crippen molar-refractivity contribution in [3.05, 3.63) is 47.2 Å². The van der Waals surface area contributed by atoms with Crippen molar-refractivity contribution in [3.8, 4) is 0 Å². The molecule has 1 amide bonds. The number of carbonyl (C=O) groups excluding carboxylic acids is 1. The Bertz CT molecular complexity index is 748. The summed E-state index contributed by atoms with van der Waals surface area (Å²) in [6, 6.07) is 7.58. The first-order valence-corrected chi connectivity index (χ1v) is 6.46. The molecule has 0 saturated heterocycles. The van der Waals surface area contributed by atoms with Crippen LogP contribution < -0.4 is 5.32 Å². The molecule has 2 heterocycles. The van der Waals surface area contributed by atoms with Crippen molar-refractivity contribution in [2.45, 2.75) is 6.92 Å². The van der Waals surface area contributed by atoms with Gasteiger partial charge in [-0.3, -0.25) is 9.78 Å². The van der Waals surface area contributed by atoms with E-state index >= 15 is 0 Å². The van der Waals surface area contributed by atoms with E-state index in [1.54, 1.807) is 19.3 Å². The molecule has 0 bridgehead atoms. The van der Waals surface area contributed by atoms with Gasteiger partial charge in [-0.15, -0.1) is 5.10 Å². The normalized spacial score (nSPS) is 10.6. The SMILES string of the molecule is Cc1nnsc1C(=O)Nc1cccc2cnccc12. The number of hydrogen-bond donors (Lipinski definition) is 1. The number of pyridine rings is 1. The Morgan fingerprint density at radius 3 is 3.00 bits per heavy atom. The highest BCUT2D eigenvalue weighted by Crippen LogP contribution is 2.23. The fraction of sp³-hybridized carbons (Fsp3) is 0.0769. The maximum absolute atomic E-state index is 12.1. The van der Waals surface area contributed by atoms with Crippen molar-refractivity contribution in [2.75, 3.05) is 5.32 Å². The minimum absolute atomic E-state index is 0.184. The van der Waals surface area contributed by atoms with Gasteiger partial charge in [0.1, 0.15) is 4.88 Å². The smallest absolute Gasteiger partial charge is 0.269 e. The number of rotatable bonds is 2. The summed E-state index contributed by atoms with van der Waals surface area (Å²) in [5, 5.41) is 8.68. The third-order valence-corrected chi connectivity index (χ3v) is 3.61. The second-order valence-corrected chi connectivity index (χ2v) is 4.80. The topological polar surface area (TPSA) is 67.8 Å². The van der Waals surface area contributed by atoms with Gasteiger partial charge in [-0.2, -0.15) is 0 Å². The number of nitrogens with one attached hydrogen (secondary N) is 1. The summed E-state index contributed by atoms with van der Waals surface area (Å²) >= 11 is 1.10. The van der Waals surface area contributed by atoms with E-state index in [1.165, 1.54) is 0 Å². The van der Waals surface area contributed by atoms with Gasteiger partial charge < -0.3 is 5.32 Å². The van der Waals surface area contributed by atoms with E-state index in [-0.39, 0.29) is 5.91 Å². The zero-order chi connectivity index (χ0) is 13.2. The zero-order valence-corrected chi connectivity index (χ0v) is 10.9. The predicted octanol–water partition coefficient (Wildman–Crippen LogP) is 2.65. The Labute approximate surface area is 113 Å². The molecule has 0 saturated carbocycles. The molecule has 0 aliphatic heterocycles. The van der Waals surface area contributed by atoms with E-state index in [9.17, 15) is 4.79 Å². The zero-order valence-electron chi connectivity index (χ0n) is 10.1. The van der Waals surface area contributed by atoms with E-state index < -0.39 is 0 Å². The molecule has 0 fully saturated rings. The molecule has 0 radical (unpaired) electrons. The number of hydrogen-bond acceptors (Lipinski definition) is 5. The van der Waals surface area contributed by atoms with Gasteiger partial charge in [0.15, 0.2) is 0 Å². The van der Waals surface area contributed by atoms with Crippen molar-refractivity contribution >= 4 is 33.9 Å². The summed E-state index contributed by atoms with van der Waals surface area (Å²) in [5.74, 6) is -0.184. The first-order chi connectivity index (χ1) is 9.25. The lowest BCUT2D eigenvalue weighted by Gasteiger charge is -2.07. The van der Waals surface area contributed by atoms with Gasteiger partial charge in [0.05, 0.1) is 5.69 Å². The van der Waals surface area contributed by atoms with Crippen LogP contribution in [-0.2, 0) is 0 Å². The number of amides is 1. The highest BCUT2D eigenvalue weighted by atomic mass is 32.1. The Balaban J connectivity index is 1.98. The van der Waals surface area contributed by atoms with Crippen LogP contribution in [0.5, 0.6) is 0 Å². The molecule has 0 aliphatic carbocycles. The predicted molar refractivity (Wildman–Crippen MR) is 74.3 cm³/mol. The number of aromatic nitrogens is 3. The summed E-state index contributed by atoms with van der Waals surface area (Å²) in [6.07, 6.45) is 3.47. The Hall–Kier alpha value is -2.34. The first kappa shape index (κ1) is 11.7. The molecule has 3 rings (SSSR count). The average molecular weight is 270 g/mol. The van der Waals surface area contributed by atoms with Gasteiger partial charge in [0.2, 0.25) is 0 Å². The molecule has 3 aromatic rings. The maximum atomic E-state index is 12.1. The minimum Gasteiger partial charge on any atom is -0.321 e. The van der Waals surface area contributed by atoms with E-state index in [4.69, 9.17) is 0 Å². The number of fused-ring (bicyclic) bond motifs is 1. The number of aryl methyl sites for hydroxylation is 1. The average Bonchev–Trinajstić information content (AvgIpc) is 2.85. The maximum Gasteiger partial charge on any atom is 0.269 e. The summed E-state index contributed by atoms with van der Waals surface area (Å²) in [5.41, 5.74) is 1.40. The molecule has 6 heteroatoms. The minimum atomic E-state index is -0.184. The van der Waals surface area contributed by atoms with Crippen LogP contribution in [0, 0.1) is 6.92 Å². The van der Waals surface area contributed by atoms with Crippen LogP contribution in [0.2, 0.25) is 0 Å². The summed E-state index contributed by atoms with van der Waals surface area (Å²) in [6.45, 7) is 1.77. The van der Waals surface area contributed by atoms with Crippen LogP contribution in [-0.4, -0.2) is 20.5 Å². The van der Waals surface area contributed by atoms with Gasteiger partial charge in [-0.05, 0) is 30.6 Å². The van der Waals surface area contributed by atoms with Crippen molar-refractivity contribution < 1.29 is 4.79 Å². The second-order valence-electron chi connectivity index (χ2n) is 4.04. The Morgan fingerprint density at radius 1 is 1.32 bits per heavy atom. The fourth-order valence-corrected chi connectivity index (χ4v) is 2.40. The number of benzene rings is 1. The lowest BCUT2D eigenvalue weighted by molar-refractivity contribution is 0.103. The van der Waals surface area contributed by atoms with E-state index in [0.717, 1.165) is 28.0 Å². The quantitative estimate of drug-likeness (QED) is 0.777. The molecule has 0 unspecified atom stereocenters. The van der Waals surface area contributed by atoms with Crippen molar-refractivity contribution in [3.63, 3.8) is 0 Å². The third kappa shape index (κ3) is 2.17. The molecule has 5 nitrogen and oxygen atoms in total. The van der Waals surface area contributed by atoms with E-state index in [2.05, 4.69) is 19.9 Å². The summed E-state index contributed by atoms with van der Waals surface area (Å²) < 4.78 is 3.77. The van der Waals surface area contributed by atoms with Crippen LogP contribution in [0.3, 0.4) is 0 Å². The Morgan fingerprint density at radius 2 is 2.21 bits per heavy atom. The first-order valence-electron chi connectivity index (χ1n) is 5.69. The van der Waals surface area contributed by atoms with Crippen LogP contribution in [0.1, 0.15) is 15.4 Å². The molecule has 0 spiro atoms. The molecular formula is C13H10N4OS. The number of carbonyl (C=O) groups is 1. The molecular weight excluding hydrogens is 260 g/mol. The van der Waals surface area contributed by atoms with Crippen LogP contribution in [0.4, 0.5) is 5.69 Å². The van der Waals surface area contributed by atoms with Crippen molar-refractivity contribution in [1.82, 2.24) is 14.6 Å². The fourth-order valence-electron chi connectivity index (χ4n) is 1.85. The molecule has 0 atom stereocenters. The van der Waals surface area contributed by atoms with E-state index in [1.807, 2.05) is 24.3 Å². The monoisotopic (exact) mass is 270 g/mol. The van der Waals surface area contributed by atoms with Gasteiger partial charge in [-0.25, -0.2) is 0 Å². The van der Waals surface area contributed by atoms with E-state index in [0.29, 0.717) is 10.6 Å². The summed E-state index contributed by atoms with van der Waals surface area (Å²) in [7, 11) is 0. The van der Waals surface area contributed by atoms with Crippen molar-refractivity contribution in [1.29, 1.82) is 0 Å². The lowest BCUT2D eigenvalue weighted by Crippen LogP contribution is -2.11. The van der Waals surface area contributed by atoms with Gasteiger partial charge in [0, 0.05) is 28.9 Å². The molecule has 0 aliphatic rings. The molecule has 94 valence electrons. The van der Waals surface area contributed by atoms with Crippen LogP contribution >= 0.6 is 11.5 Å². The number of nitrogens with zero attached hydrogens (tertiary/aromatic N) is 3. The second kappa shape index (κ2) is 4.74. The number of anilines is 1. The van der Waals surface area contributed by atoms with Gasteiger partial charge >= 0.3 is 0 Å². The molecule has 1 N–H and O–H groups in total. The molecule has 1 aromatic carbocycles. The van der Waals surface area contributed by atoms with Gasteiger partial charge in [0.25, 0.3) is 5.91 Å². The van der Waals surface area contributed by atoms with Crippen LogP contribution in [0.15, 0.2) is 36.7 Å². The highest BCUT2D eigenvalue weighted by molar-refractivity contribution is 7.08. The standard InChI is InChI=1S/C13H10N4OS/c1-8-12(19-17-16-8)13(18)15-11-4-2-3-9-7-14-6-5-10(9)11/h2-7H,1H3,(H,15,18). The largest absolute Gasteiger partial charge is 0.321 e. The van der Waals surface area contributed by atoms with Gasteiger partial charge in [-0.1, -0.05) is 16.6 Å². The Kier molecular flexibility index (Phi) is 2.92. The third-order valence-electron chi connectivity index (χ3n) is 2.79. The lowest BCUT2D eigenvalue weighted by atomic mass is 10.1. The molecule has 2 aromatic heterocycles. The molecule has 19 heavy (non-hydrogen) atoms. The van der Waals surface area contributed by atoms with Crippen molar-refractivity contribution in [2.24, 2.45) is 0 Å². The van der Waals surface area contributed by atoms with Crippen LogP contribution in [0.25, 0.3) is 10.8 Å². The summed E-state index contributed by atoms with van der Waals surface area (Å²) in [4.78, 5) is 16.7. The highest BCUT2D eigenvalue weighted by Gasteiger charge is 2.14.